The molecule has 2 N–H and O–H groups in total. The molecule has 0 aliphatic heterocycles. The first-order chi connectivity index (χ1) is 15.0. The molecule has 0 bridgehead atoms. The van der Waals surface area contributed by atoms with Gasteiger partial charge in [0, 0.05) is 12.2 Å². The second-order valence-electron chi connectivity index (χ2n) is 7.06. The van der Waals surface area contributed by atoms with E-state index in [1.165, 1.54) is 12.2 Å². The van der Waals surface area contributed by atoms with E-state index in [2.05, 4.69) is 11.8 Å². The van der Waals surface area contributed by atoms with Crippen LogP contribution in [0.4, 0.5) is 0 Å². The summed E-state index contributed by atoms with van der Waals surface area (Å²) in [6.07, 6.45) is 2.88. The Hall–Kier alpha value is -3.04. The molecule has 5 nitrogen and oxygen atoms in total. The molecular formula is C26H28O5. The lowest BCUT2D eigenvalue weighted by atomic mass is 9.81. The summed E-state index contributed by atoms with van der Waals surface area (Å²) in [5, 5.41) is 22.7. The van der Waals surface area contributed by atoms with Crippen molar-refractivity contribution in [1.29, 1.82) is 0 Å². The maximum atomic E-state index is 11.5. The molecule has 0 fully saturated rings. The van der Waals surface area contributed by atoms with Gasteiger partial charge in [0.25, 0.3) is 0 Å². The minimum atomic E-state index is -1.74. The summed E-state index contributed by atoms with van der Waals surface area (Å²) >= 11 is 0. The maximum absolute atomic E-state index is 11.5. The Morgan fingerprint density at radius 3 is 2.06 bits per heavy atom. The fourth-order valence-electron chi connectivity index (χ4n) is 3.34. The van der Waals surface area contributed by atoms with Crippen LogP contribution in [0.3, 0.4) is 0 Å². The predicted octanol–water partition coefficient (Wildman–Crippen LogP) is 3.68. The normalized spacial score (nSPS) is 22.6. The van der Waals surface area contributed by atoms with Crippen LogP contribution < -0.4 is 0 Å². The molecule has 3 rings (SSSR count). The summed E-state index contributed by atoms with van der Waals surface area (Å²) in [6.45, 7) is 4.82. The first-order valence-electron chi connectivity index (χ1n) is 10.4. The second kappa shape index (κ2) is 10.3. The van der Waals surface area contributed by atoms with Crippen LogP contribution in [-0.2, 0) is 26.4 Å². The number of aliphatic hydroxyl groups is 2. The van der Waals surface area contributed by atoms with Gasteiger partial charge in [0.1, 0.15) is 18.1 Å². The molecule has 2 aromatic rings. The van der Waals surface area contributed by atoms with Crippen molar-refractivity contribution in [2.45, 2.75) is 31.7 Å². The third-order valence-electron chi connectivity index (χ3n) is 4.81. The van der Waals surface area contributed by atoms with Gasteiger partial charge < -0.3 is 24.4 Å². The van der Waals surface area contributed by atoms with Gasteiger partial charge in [-0.1, -0.05) is 72.5 Å². The monoisotopic (exact) mass is 420 g/mol. The van der Waals surface area contributed by atoms with Crippen LogP contribution in [0.15, 0.2) is 84.3 Å². The Balaban J connectivity index is 1.85. The van der Waals surface area contributed by atoms with Crippen LogP contribution in [0, 0.1) is 11.8 Å². The Kier molecular flexibility index (Phi) is 7.54. The molecule has 0 saturated heterocycles. The van der Waals surface area contributed by atoms with Gasteiger partial charge in [-0.2, -0.15) is 0 Å². The van der Waals surface area contributed by atoms with Crippen LogP contribution in [0.2, 0.25) is 0 Å². The molecule has 162 valence electrons. The van der Waals surface area contributed by atoms with Gasteiger partial charge in [-0.25, -0.2) is 0 Å². The van der Waals surface area contributed by atoms with Crippen molar-refractivity contribution in [2.75, 3.05) is 19.8 Å². The molecule has 2 atom stereocenters. The van der Waals surface area contributed by atoms with E-state index >= 15 is 0 Å². The van der Waals surface area contributed by atoms with E-state index in [1.807, 2.05) is 55.5 Å². The van der Waals surface area contributed by atoms with E-state index in [0.29, 0.717) is 25.4 Å². The van der Waals surface area contributed by atoms with Gasteiger partial charge in [-0.05, 0) is 25.0 Å². The summed E-state index contributed by atoms with van der Waals surface area (Å²) in [5.41, 5.74) is -1.66. The van der Waals surface area contributed by atoms with E-state index in [0.717, 1.165) is 5.56 Å². The Bertz CT molecular complexity index is 971. The molecule has 0 aromatic heterocycles. The zero-order valence-corrected chi connectivity index (χ0v) is 17.9. The third kappa shape index (κ3) is 5.36. The molecule has 0 radical (unpaired) electrons. The molecule has 0 amide bonds. The van der Waals surface area contributed by atoms with Gasteiger partial charge in [0.05, 0.1) is 19.8 Å². The van der Waals surface area contributed by atoms with E-state index in [9.17, 15) is 10.2 Å². The third-order valence-corrected chi connectivity index (χ3v) is 4.81. The molecule has 31 heavy (non-hydrogen) atoms. The largest absolute Gasteiger partial charge is 0.495 e. The van der Waals surface area contributed by atoms with Gasteiger partial charge >= 0.3 is 0 Å². The molecule has 2 aromatic carbocycles. The predicted molar refractivity (Wildman–Crippen MR) is 119 cm³/mol. The highest BCUT2D eigenvalue weighted by Crippen LogP contribution is 2.41. The lowest BCUT2D eigenvalue weighted by Crippen LogP contribution is -2.40. The number of benzene rings is 2. The van der Waals surface area contributed by atoms with Gasteiger partial charge in [-0.15, -0.1) is 0 Å². The fourth-order valence-corrected chi connectivity index (χ4v) is 3.34. The average Bonchev–Trinajstić information content (AvgIpc) is 2.79. The van der Waals surface area contributed by atoms with Crippen molar-refractivity contribution in [2.24, 2.45) is 0 Å². The van der Waals surface area contributed by atoms with Crippen LogP contribution in [0.25, 0.3) is 0 Å². The quantitative estimate of drug-likeness (QED) is 0.504. The Labute approximate surface area is 183 Å². The fraction of sp³-hybridized carbons (Fsp3) is 0.308. The smallest absolute Gasteiger partial charge is 0.205 e. The highest BCUT2D eigenvalue weighted by atomic mass is 16.5. The molecule has 2 unspecified atom stereocenters. The lowest BCUT2D eigenvalue weighted by molar-refractivity contribution is 0.0140. The zero-order valence-electron chi connectivity index (χ0n) is 17.9. The minimum Gasteiger partial charge on any atom is -0.495 e. The van der Waals surface area contributed by atoms with E-state index in [1.54, 1.807) is 19.1 Å². The van der Waals surface area contributed by atoms with Crippen LogP contribution in [0.5, 0.6) is 0 Å². The summed E-state index contributed by atoms with van der Waals surface area (Å²) in [5.74, 6) is 6.03. The molecule has 0 heterocycles. The minimum absolute atomic E-state index is 0.136. The molecule has 0 spiro atoms. The standard InChI is InChI=1S/C26H28O5/c1-3-30-23-19-26(28,22-14-9-6-10-15-22)24(31-4-2)18-25(23,27)16-11-17-29-20-21-12-7-5-8-13-21/h5-10,12-15,18-19,27-28H,3-4,17,20H2,1-2H3. The molecule has 0 saturated carbocycles. The first-order valence-corrected chi connectivity index (χ1v) is 10.4. The van der Waals surface area contributed by atoms with Crippen LogP contribution in [-0.4, -0.2) is 35.6 Å². The number of ether oxygens (including phenoxy) is 3. The lowest BCUT2D eigenvalue weighted by Gasteiger charge is -2.36. The van der Waals surface area contributed by atoms with Crippen molar-refractivity contribution in [3.8, 4) is 11.8 Å². The molecule has 1 aliphatic rings. The van der Waals surface area contributed by atoms with Crippen molar-refractivity contribution >= 4 is 0 Å². The van der Waals surface area contributed by atoms with Crippen molar-refractivity contribution in [3.63, 3.8) is 0 Å². The summed E-state index contributed by atoms with van der Waals surface area (Å²) in [6, 6.07) is 18.9. The van der Waals surface area contributed by atoms with E-state index in [-0.39, 0.29) is 18.1 Å². The van der Waals surface area contributed by atoms with Crippen molar-refractivity contribution in [3.05, 3.63) is 95.5 Å². The summed E-state index contributed by atoms with van der Waals surface area (Å²) < 4.78 is 17.0. The highest BCUT2D eigenvalue weighted by molar-refractivity contribution is 5.48. The number of hydrogen-bond donors (Lipinski definition) is 2. The summed E-state index contributed by atoms with van der Waals surface area (Å²) in [4.78, 5) is 0. The van der Waals surface area contributed by atoms with Crippen LogP contribution >= 0.6 is 0 Å². The molecule has 1 aliphatic carbocycles. The SMILES string of the molecule is CCOC1=CC(O)(c2ccccc2)C(OCC)=CC1(O)C#CCOCc1ccccc1. The van der Waals surface area contributed by atoms with Crippen LogP contribution in [0.1, 0.15) is 25.0 Å². The van der Waals surface area contributed by atoms with Gasteiger partial charge in [0.15, 0.2) is 5.60 Å². The number of hydrogen-bond acceptors (Lipinski definition) is 5. The van der Waals surface area contributed by atoms with E-state index in [4.69, 9.17) is 14.2 Å². The highest BCUT2D eigenvalue weighted by Gasteiger charge is 2.45. The average molecular weight is 421 g/mol. The molecule has 5 heteroatoms. The second-order valence-corrected chi connectivity index (χ2v) is 7.06. The van der Waals surface area contributed by atoms with Gasteiger partial charge in [-0.3, -0.25) is 0 Å². The topological polar surface area (TPSA) is 68.2 Å². The van der Waals surface area contributed by atoms with Crippen molar-refractivity contribution in [1.82, 2.24) is 0 Å². The number of rotatable bonds is 8. The van der Waals surface area contributed by atoms with Gasteiger partial charge in [0.2, 0.25) is 5.60 Å². The Morgan fingerprint density at radius 1 is 0.806 bits per heavy atom. The van der Waals surface area contributed by atoms with Crippen molar-refractivity contribution < 1.29 is 24.4 Å². The Morgan fingerprint density at radius 2 is 1.42 bits per heavy atom. The summed E-state index contributed by atoms with van der Waals surface area (Å²) in [7, 11) is 0. The van der Waals surface area contributed by atoms with E-state index < -0.39 is 11.2 Å². The maximum Gasteiger partial charge on any atom is 0.205 e. The first kappa shape index (κ1) is 22.6. The zero-order chi connectivity index (χ0) is 22.2. The molecular weight excluding hydrogens is 392 g/mol.